The smallest absolute Gasteiger partial charge is 0.318 e. The fourth-order valence-corrected chi connectivity index (χ4v) is 3.65. The van der Waals surface area contributed by atoms with Crippen LogP contribution >= 0.6 is 0 Å². The van der Waals surface area contributed by atoms with Crippen LogP contribution in [0.25, 0.3) is 0 Å². The topological polar surface area (TPSA) is 83.5 Å². The van der Waals surface area contributed by atoms with Gasteiger partial charge < -0.3 is 10.4 Å². The molecule has 1 rings (SSSR count). The number of carbonyl (C=O) groups is 1. The predicted octanol–water partition coefficient (Wildman–Crippen LogP) is 2.67. The summed E-state index contributed by atoms with van der Waals surface area (Å²) in [6, 6.07) is 8.45. The van der Waals surface area contributed by atoms with Crippen LogP contribution in [0.2, 0.25) is 0 Å². The van der Waals surface area contributed by atoms with Crippen LogP contribution in [0.3, 0.4) is 0 Å². The number of benzene rings is 1. The molecular weight excluding hydrogens is 326 g/mol. The van der Waals surface area contributed by atoms with Gasteiger partial charge in [0.15, 0.2) is 9.84 Å². The Bertz CT molecular complexity index is 621. The average molecular weight is 356 g/mol. The third-order valence-electron chi connectivity index (χ3n) is 3.77. The highest BCUT2D eigenvalue weighted by Gasteiger charge is 2.19. The molecule has 0 saturated carbocycles. The van der Waals surface area contributed by atoms with E-state index < -0.39 is 21.6 Å². The number of aliphatic carboxylic acids is 1. The Labute approximate surface area is 145 Å². The first-order chi connectivity index (χ1) is 11.1. The molecule has 6 heteroatoms. The molecule has 0 aliphatic rings. The van der Waals surface area contributed by atoms with Gasteiger partial charge in [-0.2, -0.15) is 0 Å². The number of sulfone groups is 1. The molecule has 0 saturated heterocycles. The SMILES string of the molecule is CC(C)Cc1ccc(C(NCCS(=O)(=O)CC(=O)O)C(C)C)cc1. The van der Waals surface area contributed by atoms with Gasteiger partial charge in [0.2, 0.25) is 0 Å². The van der Waals surface area contributed by atoms with Gasteiger partial charge in [0.25, 0.3) is 0 Å². The second-order valence-corrected chi connectivity index (χ2v) is 9.19. The summed E-state index contributed by atoms with van der Waals surface area (Å²) in [5.74, 6) is -1.40. The van der Waals surface area contributed by atoms with Crippen molar-refractivity contribution in [2.45, 2.75) is 40.2 Å². The van der Waals surface area contributed by atoms with Crippen molar-refractivity contribution in [3.63, 3.8) is 0 Å². The zero-order valence-electron chi connectivity index (χ0n) is 15.0. The molecule has 2 N–H and O–H groups in total. The van der Waals surface area contributed by atoms with Gasteiger partial charge in [-0.3, -0.25) is 4.79 Å². The molecule has 1 unspecified atom stereocenters. The molecule has 1 aromatic carbocycles. The number of nitrogens with one attached hydrogen (secondary N) is 1. The maximum absolute atomic E-state index is 11.7. The molecule has 0 radical (unpaired) electrons. The van der Waals surface area contributed by atoms with Gasteiger partial charge in [-0.15, -0.1) is 0 Å². The fourth-order valence-electron chi connectivity index (χ4n) is 2.70. The highest BCUT2D eigenvalue weighted by Crippen LogP contribution is 2.22. The largest absolute Gasteiger partial charge is 0.480 e. The molecule has 0 bridgehead atoms. The van der Waals surface area contributed by atoms with Crippen LogP contribution in [0.4, 0.5) is 0 Å². The summed E-state index contributed by atoms with van der Waals surface area (Å²) in [4.78, 5) is 10.6. The van der Waals surface area contributed by atoms with Crippen molar-refractivity contribution in [3.05, 3.63) is 35.4 Å². The Morgan fingerprint density at radius 1 is 1.12 bits per heavy atom. The van der Waals surface area contributed by atoms with Crippen molar-refractivity contribution >= 4 is 15.8 Å². The highest BCUT2D eigenvalue weighted by molar-refractivity contribution is 7.92. The molecule has 0 heterocycles. The zero-order valence-corrected chi connectivity index (χ0v) is 15.8. The Balaban J connectivity index is 2.69. The quantitative estimate of drug-likeness (QED) is 0.674. The molecule has 0 spiro atoms. The van der Waals surface area contributed by atoms with Gasteiger partial charge in [0, 0.05) is 12.6 Å². The maximum Gasteiger partial charge on any atom is 0.318 e. The van der Waals surface area contributed by atoms with Gasteiger partial charge in [0.05, 0.1) is 5.75 Å². The first-order valence-corrected chi connectivity index (χ1v) is 10.2. The van der Waals surface area contributed by atoms with Crippen LogP contribution in [0, 0.1) is 11.8 Å². The molecule has 0 aliphatic heterocycles. The van der Waals surface area contributed by atoms with Crippen LogP contribution in [-0.2, 0) is 21.1 Å². The van der Waals surface area contributed by atoms with E-state index in [2.05, 4.69) is 57.3 Å². The van der Waals surface area contributed by atoms with Gasteiger partial charge in [0.1, 0.15) is 5.75 Å². The number of carboxylic acids is 1. The standard InChI is InChI=1S/C18H29NO4S/c1-13(2)11-15-5-7-16(8-6-15)18(14(3)4)19-9-10-24(22,23)12-17(20)21/h5-8,13-14,18-19H,9-12H2,1-4H3,(H,20,21). The number of hydrogen-bond acceptors (Lipinski definition) is 4. The summed E-state index contributed by atoms with van der Waals surface area (Å²) in [6.07, 6.45) is 1.04. The molecule has 5 nitrogen and oxygen atoms in total. The van der Waals surface area contributed by atoms with E-state index in [1.54, 1.807) is 0 Å². The lowest BCUT2D eigenvalue weighted by Gasteiger charge is -2.23. The monoisotopic (exact) mass is 355 g/mol. The Kier molecular flexibility index (Phi) is 7.90. The lowest BCUT2D eigenvalue weighted by Crippen LogP contribution is -2.32. The van der Waals surface area contributed by atoms with Gasteiger partial charge in [-0.05, 0) is 29.4 Å². The molecule has 1 atom stereocenters. The van der Waals surface area contributed by atoms with Crippen LogP contribution in [0.5, 0.6) is 0 Å². The van der Waals surface area contributed by atoms with E-state index in [0.29, 0.717) is 11.8 Å². The Morgan fingerprint density at radius 2 is 1.71 bits per heavy atom. The second kappa shape index (κ2) is 9.18. The minimum absolute atomic E-state index is 0.0399. The minimum Gasteiger partial charge on any atom is -0.480 e. The molecular formula is C18H29NO4S. The predicted molar refractivity (Wildman–Crippen MR) is 96.9 cm³/mol. The summed E-state index contributed by atoms with van der Waals surface area (Å²) in [5, 5.41) is 11.9. The van der Waals surface area contributed by atoms with Crippen molar-refractivity contribution in [1.82, 2.24) is 5.32 Å². The van der Waals surface area contributed by atoms with E-state index in [9.17, 15) is 13.2 Å². The zero-order chi connectivity index (χ0) is 18.3. The van der Waals surface area contributed by atoms with Crippen molar-refractivity contribution < 1.29 is 18.3 Å². The Hall–Kier alpha value is -1.40. The summed E-state index contributed by atoms with van der Waals surface area (Å²) in [6.45, 7) is 8.76. The van der Waals surface area contributed by atoms with Crippen LogP contribution < -0.4 is 5.32 Å². The molecule has 136 valence electrons. The number of carboxylic acid groups (broad SMARTS) is 1. The first-order valence-electron chi connectivity index (χ1n) is 8.35. The van der Waals surface area contributed by atoms with Crippen molar-refractivity contribution in [1.29, 1.82) is 0 Å². The van der Waals surface area contributed by atoms with E-state index in [-0.39, 0.29) is 18.3 Å². The molecule has 1 aromatic rings. The fraction of sp³-hybridized carbons (Fsp3) is 0.611. The number of hydrogen-bond donors (Lipinski definition) is 2. The van der Waals surface area contributed by atoms with Crippen LogP contribution in [0.1, 0.15) is 44.9 Å². The van der Waals surface area contributed by atoms with E-state index in [1.165, 1.54) is 5.56 Å². The van der Waals surface area contributed by atoms with E-state index in [4.69, 9.17) is 5.11 Å². The van der Waals surface area contributed by atoms with E-state index in [1.807, 2.05) is 0 Å². The average Bonchev–Trinajstić information content (AvgIpc) is 2.42. The van der Waals surface area contributed by atoms with Crippen molar-refractivity contribution in [2.75, 3.05) is 18.1 Å². The maximum atomic E-state index is 11.7. The molecule has 24 heavy (non-hydrogen) atoms. The lowest BCUT2D eigenvalue weighted by molar-refractivity contribution is -0.134. The van der Waals surface area contributed by atoms with Crippen LogP contribution in [-0.4, -0.2) is 37.5 Å². The lowest BCUT2D eigenvalue weighted by atomic mass is 9.94. The van der Waals surface area contributed by atoms with Gasteiger partial charge in [-0.25, -0.2) is 8.42 Å². The third-order valence-corrected chi connectivity index (χ3v) is 5.28. The molecule has 0 aliphatic carbocycles. The molecule has 0 aromatic heterocycles. The molecule has 0 fully saturated rings. The first kappa shape index (κ1) is 20.6. The third kappa shape index (κ3) is 7.45. The van der Waals surface area contributed by atoms with E-state index >= 15 is 0 Å². The van der Waals surface area contributed by atoms with Crippen molar-refractivity contribution in [3.8, 4) is 0 Å². The van der Waals surface area contributed by atoms with E-state index in [0.717, 1.165) is 12.0 Å². The van der Waals surface area contributed by atoms with Gasteiger partial charge >= 0.3 is 5.97 Å². The summed E-state index contributed by atoms with van der Waals surface area (Å²) in [5.41, 5.74) is 2.41. The van der Waals surface area contributed by atoms with Gasteiger partial charge in [-0.1, -0.05) is 52.0 Å². The Morgan fingerprint density at radius 3 is 2.17 bits per heavy atom. The number of rotatable bonds is 10. The summed E-state index contributed by atoms with van der Waals surface area (Å²) in [7, 11) is -3.57. The highest BCUT2D eigenvalue weighted by atomic mass is 32.2. The van der Waals surface area contributed by atoms with Crippen LogP contribution in [0.15, 0.2) is 24.3 Å². The minimum atomic E-state index is -3.57. The second-order valence-electron chi connectivity index (χ2n) is 7.00. The summed E-state index contributed by atoms with van der Waals surface area (Å²) < 4.78 is 23.3. The van der Waals surface area contributed by atoms with Crippen molar-refractivity contribution in [2.24, 2.45) is 11.8 Å². The summed E-state index contributed by atoms with van der Waals surface area (Å²) >= 11 is 0. The molecule has 0 amide bonds. The normalized spacial score (nSPS) is 13.4.